The lowest BCUT2D eigenvalue weighted by atomic mass is 9.43. The van der Waals surface area contributed by atoms with Gasteiger partial charge in [-0.25, -0.2) is 4.57 Å². The maximum absolute atomic E-state index is 12.3. The quantitative estimate of drug-likeness (QED) is 0.386. The van der Waals surface area contributed by atoms with Gasteiger partial charge in [0.05, 0.1) is 18.0 Å². The van der Waals surface area contributed by atoms with Crippen molar-refractivity contribution < 1.29 is 33.5 Å². The van der Waals surface area contributed by atoms with Crippen LogP contribution in [0, 0.1) is 34.5 Å². The van der Waals surface area contributed by atoms with Crippen molar-refractivity contribution in [3.05, 3.63) is 24.0 Å². The standard InChI is InChI=1S/C25H39O7P/c1-23-10-7-19(31-16-32-33(27,28)29)14-18(23)5-6-22-21(23)8-11-24(2)20(9-12-25(22,24)26)17-4-3-13-30-15-17/h3-4,15,18-22,26H,5-14,16H2,1-2H3,(H2,27,28,29). The first-order valence-electron chi connectivity index (χ1n) is 12.6. The Bertz CT molecular complexity index is 867. The van der Waals surface area contributed by atoms with Gasteiger partial charge in [-0.3, -0.25) is 4.52 Å². The summed E-state index contributed by atoms with van der Waals surface area (Å²) in [6, 6.07) is 0. The molecule has 3 N–H and O–H groups in total. The average molecular weight is 483 g/mol. The number of aliphatic hydroxyl groups is 1. The summed E-state index contributed by atoms with van der Waals surface area (Å²) in [6.45, 7) is 5.02. The van der Waals surface area contributed by atoms with Crippen LogP contribution in [0.3, 0.4) is 0 Å². The molecule has 4 aliphatic carbocycles. The number of hydrogen-bond donors (Lipinski definition) is 3. The first-order valence-corrected chi connectivity index (χ1v) is 14.1. The van der Waals surface area contributed by atoms with E-state index < -0.39 is 13.4 Å². The van der Waals surface area contributed by atoms with Gasteiger partial charge in [0.15, 0.2) is 6.79 Å². The van der Waals surface area contributed by atoms with Gasteiger partial charge < -0.3 is 24.4 Å². The molecule has 0 aromatic heterocycles. The second kappa shape index (κ2) is 8.46. The van der Waals surface area contributed by atoms with E-state index in [1.54, 1.807) is 0 Å². The van der Waals surface area contributed by atoms with E-state index in [0.29, 0.717) is 30.3 Å². The Morgan fingerprint density at radius 3 is 2.64 bits per heavy atom. The lowest BCUT2D eigenvalue weighted by Crippen LogP contribution is -2.62. The normalized spacial score (nSPS) is 47.2. The molecule has 4 saturated carbocycles. The second-order valence-electron chi connectivity index (χ2n) is 11.6. The predicted molar refractivity (Wildman–Crippen MR) is 123 cm³/mol. The van der Waals surface area contributed by atoms with Crippen molar-refractivity contribution in [1.29, 1.82) is 0 Å². The molecule has 4 fully saturated rings. The number of rotatable bonds is 5. The van der Waals surface area contributed by atoms with Gasteiger partial charge in [0, 0.05) is 5.41 Å². The summed E-state index contributed by atoms with van der Waals surface area (Å²) in [5.74, 6) is 1.69. The van der Waals surface area contributed by atoms with Gasteiger partial charge in [-0.05, 0) is 98.5 Å². The highest BCUT2D eigenvalue weighted by atomic mass is 31.2. The van der Waals surface area contributed by atoms with Crippen molar-refractivity contribution in [2.45, 2.75) is 83.3 Å². The number of allylic oxidation sites excluding steroid dienone is 2. The Balaban J connectivity index is 1.30. The SMILES string of the molecule is CC12CCC(OCOP(=O)(O)O)CC1CCC1C2CCC2(C)C(C3=COCC=C3)CCC12O. The third-order valence-corrected chi connectivity index (χ3v) is 10.9. The van der Waals surface area contributed by atoms with Crippen LogP contribution in [-0.4, -0.2) is 40.0 Å². The molecular formula is C25H39O7P. The molecular weight excluding hydrogens is 443 g/mol. The molecule has 0 aromatic rings. The molecule has 8 unspecified atom stereocenters. The topological polar surface area (TPSA) is 105 Å². The summed E-state index contributed by atoms with van der Waals surface area (Å²) in [5, 5.41) is 12.3. The summed E-state index contributed by atoms with van der Waals surface area (Å²) < 4.78 is 26.7. The molecule has 1 aliphatic heterocycles. The van der Waals surface area contributed by atoms with Gasteiger partial charge in [-0.15, -0.1) is 0 Å². The summed E-state index contributed by atoms with van der Waals surface area (Å²) in [6.07, 6.45) is 15.2. The van der Waals surface area contributed by atoms with E-state index in [4.69, 9.17) is 19.3 Å². The van der Waals surface area contributed by atoms with E-state index in [2.05, 4.69) is 30.5 Å². The number of fused-ring (bicyclic) bond motifs is 5. The van der Waals surface area contributed by atoms with Gasteiger partial charge in [-0.2, -0.15) is 0 Å². The molecule has 8 heteroatoms. The van der Waals surface area contributed by atoms with Crippen molar-refractivity contribution in [1.82, 2.24) is 0 Å². The van der Waals surface area contributed by atoms with Gasteiger partial charge >= 0.3 is 7.82 Å². The highest BCUT2D eigenvalue weighted by molar-refractivity contribution is 7.46. The average Bonchev–Trinajstić information content (AvgIpc) is 3.05. The van der Waals surface area contributed by atoms with Gasteiger partial charge in [0.25, 0.3) is 0 Å². The molecule has 0 radical (unpaired) electrons. The van der Waals surface area contributed by atoms with E-state index >= 15 is 0 Å². The zero-order valence-corrected chi connectivity index (χ0v) is 20.7. The Morgan fingerprint density at radius 2 is 1.91 bits per heavy atom. The molecule has 0 spiro atoms. The van der Waals surface area contributed by atoms with Crippen LogP contribution in [0.15, 0.2) is 24.0 Å². The lowest BCUT2D eigenvalue weighted by Gasteiger charge is -2.63. The monoisotopic (exact) mass is 482 g/mol. The molecule has 33 heavy (non-hydrogen) atoms. The number of hydrogen-bond acceptors (Lipinski definition) is 5. The van der Waals surface area contributed by atoms with Crippen molar-refractivity contribution in [2.24, 2.45) is 34.5 Å². The zero-order valence-electron chi connectivity index (χ0n) is 19.8. The minimum atomic E-state index is -4.50. The first kappa shape index (κ1) is 24.0. The van der Waals surface area contributed by atoms with Crippen molar-refractivity contribution in [2.75, 3.05) is 13.4 Å². The van der Waals surface area contributed by atoms with Crippen LogP contribution in [0.1, 0.15) is 71.6 Å². The van der Waals surface area contributed by atoms with Crippen LogP contribution in [0.25, 0.3) is 0 Å². The van der Waals surface area contributed by atoms with Gasteiger partial charge in [-0.1, -0.05) is 19.9 Å². The van der Waals surface area contributed by atoms with Crippen LogP contribution in [-0.2, 0) is 18.6 Å². The summed E-state index contributed by atoms with van der Waals surface area (Å²) >= 11 is 0. The largest absolute Gasteiger partial charge is 0.497 e. The second-order valence-corrected chi connectivity index (χ2v) is 12.9. The fourth-order valence-electron chi connectivity index (χ4n) is 8.69. The Morgan fingerprint density at radius 1 is 1.09 bits per heavy atom. The minimum Gasteiger partial charge on any atom is -0.497 e. The van der Waals surface area contributed by atoms with Gasteiger partial charge in [0.1, 0.15) is 6.61 Å². The Kier molecular flexibility index (Phi) is 6.16. The van der Waals surface area contributed by atoms with Crippen LogP contribution < -0.4 is 0 Å². The molecule has 0 aromatic carbocycles. The highest BCUT2D eigenvalue weighted by Crippen LogP contribution is 2.70. The maximum Gasteiger partial charge on any atom is 0.471 e. The van der Waals surface area contributed by atoms with E-state index in [1.165, 1.54) is 5.57 Å². The highest BCUT2D eigenvalue weighted by Gasteiger charge is 2.67. The fourth-order valence-corrected chi connectivity index (χ4v) is 8.89. The Hall–Kier alpha value is -0.690. The Labute approximate surface area is 196 Å². The van der Waals surface area contributed by atoms with Crippen LogP contribution in [0.5, 0.6) is 0 Å². The molecule has 8 atom stereocenters. The fraction of sp³-hybridized carbons (Fsp3) is 0.840. The van der Waals surface area contributed by atoms with E-state index in [0.717, 1.165) is 57.8 Å². The van der Waals surface area contributed by atoms with Crippen LogP contribution in [0.2, 0.25) is 0 Å². The summed E-state index contributed by atoms with van der Waals surface area (Å²) in [7, 11) is -4.50. The molecule has 5 rings (SSSR count). The third-order valence-electron chi connectivity index (χ3n) is 10.5. The maximum atomic E-state index is 12.3. The van der Waals surface area contributed by atoms with Gasteiger partial charge in [0.2, 0.25) is 0 Å². The molecule has 0 amide bonds. The molecule has 7 nitrogen and oxygen atoms in total. The molecule has 5 aliphatic rings. The van der Waals surface area contributed by atoms with Crippen LogP contribution in [0.4, 0.5) is 0 Å². The smallest absolute Gasteiger partial charge is 0.471 e. The molecule has 0 bridgehead atoms. The van der Waals surface area contributed by atoms with Crippen molar-refractivity contribution >= 4 is 7.82 Å². The predicted octanol–water partition coefficient (Wildman–Crippen LogP) is 4.68. The number of phosphoric acid groups is 1. The molecule has 1 heterocycles. The number of phosphoric ester groups is 1. The molecule has 186 valence electrons. The third kappa shape index (κ3) is 3.97. The minimum absolute atomic E-state index is 0.0241. The first-order chi connectivity index (χ1) is 15.6. The van der Waals surface area contributed by atoms with Crippen LogP contribution >= 0.6 is 7.82 Å². The molecule has 0 saturated heterocycles. The summed E-state index contributed by atoms with van der Waals surface area (Å²) in [4.78, 5) is 17.8. The summed E-state index contributed by atoms with van der Waals surface area (Å²) in [5.41, 5.74) is 0.669. The van der Waals surface area contributed by atoms with Crippen molar-refractivity contribution in [3.8, 4) is 0 Å². The van der Waals surface area contributed by atoms with E-state index in [-0.39, 0.29) is 23.7 Å². The number of ether oxygens (including phenoxy) is 2. The van der Waals surface area contributed by atoms with E-state index in [9.17, 15) is 9.67 Å². The van der Waals surface area contributed by atoms with Crippen molar-refractivity contribution in [3.63, 3.8) is 0 Å². The zero-order chi connectivity index (χ0) is 23.5. The van der Waals surface area contributed by atoms with E-state index in [1.807, 2.05) is 6.26 Å². The lowest BCUT2D eigenvalue weighted by molar-refractivity contribution is -0.211.